The zero-order valence-corrected chi connectivity index (χ0v) is 10.9. The first kappa shape index (κ1) is 14.9. The van der Waals surface area contributed by atoms with Crippen molar-refractivity contribution in [2.45, 2.75) is 13.5 Å². The van der Waals surface area contributed by atoms with Crippen molar-refractivity contribution in [2.24, 2.45) is 0 Å². The summed E-state index contributed by atoms with van der Waals surface area (Å²) in [5.41, 5.74) is 0.799. The molecule has 5 heteroatoms. The minimum absolute atomic E-state index is 0.0114. The molecule has 0 atom stereocenters. The summed E-state index contributed by atoms with van der Waals surface area (Å²) >= 11 is 0. The lowest BCUT2D eigenvalue weighted by atomic mass is 10.2. The predicted molar refractivity (Wildman–Crippen MR) is 70.7 cm³/mol. The number of benzene rings is 1. The molecule has 2 amide bonds. The number of carbonyl (C=O) groups excluding carboxylic acids is 2. The van der Waals surface area contributed by atoms with E-state index >= 15 is 0 Å². The Morgan fingerprint density at radius 1 is 1.37 bits per heavy atom. The average molecular weight is 264 g/mol. The van der Waals surface area contributed by atoms with Crippen LogP contribution in [0.4, 0.5) is 4.39 Å². The molecule has 0 spiro atoms. The van der Waals surface area contributed by atoms with Crippen molar-refractivity contribution in [3.63, 3.8) is 0 Å². The van der Waals surface area contributed by atoms with Gasteiger partial charge in [-0.1, -0.05) is 18.2 Å². The highest BCUT2D eigenvalue weighted by Gasteiger charge is 2.11. The van der Waals surface area contributed by atoms with Gasteiger partial charge in [0.1, 0.15) is 5.82 Å². The summed E-state index contributed by atoms with van der Waals surface area (Å²) in [6.45, 7) is 5.56. The molecule has 0 radical (unpaired) electrons. The smallest absolute Gasteiger partial charge is 0.239 e. The van der Waals surface area contributed by atoms with E-state index in [1.165, 1.54) is 24.0 Å². The lowest BCUT2D eigenvalue weighted by Crippen LogP contribution is -2.39. The fourth-order valence-corrected chi connectivity index (χ4v) is 1.49. The maximum Gasteiger partial charge on any atom is 0.239 e. The molecule has 0 unspecified atom stereocenters. The fraction of sp³-hybridized carbons (Fsp3) is 0.286. The lowest BCUT2D eigenvalue weighted by Gasteiger charge is -2.18. The van der Waals surface area contributed by atoms with Crippen molar-refractivity contribution in [1.82, 2.24) is 10.2 Å². The summed E-state index contributed by atoms with van der Waals surface area (Å²) < 4.78 is 12.7. The summed E-state index contributed by atoms with van der Waals surface area (Å²) in [7, 11) is 0. The Kier molecular flexibility index (Phi) is 5.73. The molecule has 102 valence electrons. The molecular formula is C14H17FN2O2. The second kappa shape index (κ2) is 7.31. The minimum atomic E-state index is -0.316. The first-order valence-corrected chi connectivity index (χ1v) is 5.90. The summed E-state index contributed by atoms with van der Waals surface area (Å²) in [5.74, 6) is -0.762. The second-order valence-electron chi connectivity index (χ2n) is 4.09. The van der Waals surface area contributed by atoms with Crippen LogP contribution in [-0.4, -0.2) is 29.8 Å². The zero-order valence-electron chi connectivity index (χ0n) is 10.9. The highest BCUT2D eigenvalue weighted by Crippen LogP contribution is 2.02. The van der Waals surface area contributed by atoms with Gasteiger partial charge in [-0.05, 0) is 17.7 Å². The van der Waals surface area contributed by atoms with Crippen molar-refractivity contribution in [1.29, 1.82) is 0 Å². The van der Waals surface area contributed by atoms with Gasteiger partial charge in [0.05, 0.1) is 6.54 Å². The Morgan fingerprint density at radius 2 is 2.00 bits per heavy atom. The summed E-state index contributed by atoms with van der Waals surface area (Å²) in [6, 6.07) is 5.87. The molecule has 4 nitrogen and oxygen atoms in total. The van der Waals surface area contributed by atoms with Crippen molar-refractivity contribution >= 4 is 11.8 Å². The van der Waals surface area contributed by atoms with Crippen LogP contribution in [0.15, 0.2) is 36.9 Å². The molecule has 1 aromatic carbocycles. The van der Waals surface area contributed by atoms with Crippen LogP contribution in [0, 0.1) is 5.82 Å². The normalized spacial score (nSPS) is 9.79. The Labute approximate surface area is 111 Å². The number of amides is 2. The van der Waals surface area contributed by atoms with Gasteiger partial charge in [-0.2, -0.15) is 0 Å². The van der Waals surface area contributed by atoms with Gasteiger partial charge < -0.3 is 10.2 Å². The molecule has 0 aliphatic carbocycles. The number of carbonyl (C=O) groups is 2. The van der Waals surface area contributed by atoms with E-state index in [1.54, 1.807) is 18.2 Å². The number of hydrogen-bond donors (Lipinski definition) is 1. The van der Waals surface area contributed by atoms with Gasteiger partial charge in [-0.25, -0.2) is 4.39 Å². The van der Waals surface area contributed by atoms with E-state index in [-0.39, 0.29) is 24.2 Å². The van der Waals surface area contributed by atoms with Crippen molar-refractivity contribution in [2.75, 3.05) is 13.1 Å². The third-order valence-corrected chi connectivity index (χ3v) is 2.53. The lowest BCUT2D eigenvalue weighted by molar-refractivity contribution is -0.133. The summed E-state index contributed by atoms with van der Waals surface area (Å²) in [6.07, 6.45) is 1.56. The molecule has 1 N–H and O–H groups in total. The van der Waals surface area contributed by atoms with Crippen LogP contribution in [0.25, 0.3) is 0 Å². The number of hydrogen-bond acceptors (Lipinski definition) is 2. The van der Waals surface area contributed by atoms with Crippen LogP contribution < -0.4 is 5.32 Å². The van der Waals surface area contributed by atoms with E-state index < -0.39 is 0 Å². The van der Waals surface area contributed by atoms with Gasteiger partial charge in [-0.15, -0.1) is 6.58 Å². The van der Waals surface area contributed by atoms with Crippen LogP contribution in [0.1, 0.15) is 12.5 Å². The molecule has 0 heterocycles. The topological polar surface area (TPSA) is 49.4 Å². The van der Waals surface area contributed by atoms with E-state index in [4.69, 9.17) is 0 Å². The summed E-state index contributed by atoms with van der Waals surface area (Å²) in [5, 5.41) is 2.67. The SMILES string of the molecule is C=CCN(CC(=O)NCc1ccc(F)cc1)C(C)=O. The quantitative estimate of drug-likeness (QED) is 0.791. The van der Waals surface area contributed by atoms with E-state index in [0.29, 0.717) is 13.1 Å². The zero-order chi connectivity index (χ0) is 14.3. The second-order valence-corrected chi connectivity index (χ2v) is 4.09. The standard InChI is InChI=1S/C14H17FN2O2/c1-3-8-17(11(2)18)10-14(19)16-9-12-4-6-13(15)7-5-12/h3-7H,1,8-10H2,2H3,(H,16,19). The van der Waals surface area contributed by atoms with Gasteiger partial charge in [0, 0.05) is 20.0 Å². The van der Waals surface area contributed by atoms with Gasteiger partial charge in [-0.3, -0.25) is 9.59 Å². The molecule has 0 saturated carbocycles. The van der Waals surface area contributed by atoms with E-state index in [2.05, 4.69) is 11.9 Å². The first-order chi connectivity index (χ1) is 9.02. The van der Waals surface area contributed by atoms with Crippen molar-refractivity contribution in [3.05, 3.63) is 48.3 Å². The Balaban J connectivity index is 2.44. The molecule has 0 aliphatic rings. The monoisotopic (exact) mass is 264 g/mol. The van der Waals surface area contributed by atoms with Gasteiger partial charge in [0.2, 0.25) is 11.8 Å². The van der Waals surface area contributed by atoms with Crippen LogP contribution in [0.5, 0.6) is 0 Å². The average Bonchev–Trinajstić information content (AvgIpc) is 2.37. The van der Waals surface area contributed by atoms with E-state index in [1.807, 2.05) is 0 Å². The van der Waals surface area contributed by atoms with Crippen LogP contribution in [0.2, 0.25) is 0 Å². The maximum absolute atomic E-state index is 12.7. The molecule has 0 aromatic heterocycles. The molecule has 1 aromatic rings. The van der Waals surface area contributed by atoms with Crippen molar-refractivity contribution in [3.8, 4) is 0 Å². The first-order valence-electron chi connectivity index (χ1n) is 5.90. The molecule has 0 fully saturated rings. The van der Waals surface area contributed by atoms with Crippen LogP contribution in [-0.2, 0) is 16.1 Å². The highest BCUT2D eigenvalue weighted by molar-refractivity contribution is 5.83. The van der Waals surface area contributed by atoms with Crippen LogP contribution in [0.3, 0.4) is 0 Å². The molecule has 1 rings (SSSR count). The fourth-order valence-electron chi connectivity index (χ4n) is 1.49. The predicted octanol–water partition coefficient (Wildman–Crippen LogP) is 1.48. The van der Waals surface area contributed by atoms with E-state index in [9.17, 15) is 14.0 Å². The number of halogens is 1. The Hall–Kier alpha value is -2.17. The molecular weight excluding hydrogens is 247 g/mol. The van der Waals surface area contributed by atoms with Gasteiger partial charge >= 0.3 is 0 Å². The molecule has 19 heavy (non-hydrogen) atoms. The summed E-state index contributed by atoms with van der Waals surface area (Å²) in [4.78, 5) is 24.3. The third kappa shape index (κ3) is 5.33. The number of nitrogens with one attached hydrogen (secondary N) is 1. The van der Waals surface area contributed by atoms with Crippen LogP contribution >= 0.6 is 0 Å². The van der Waals surface area contributed by atoms with Gasteiger partial charge in [0.15, 0.2) is 0 Å². The van der Waals surface area contributed by atoms with Gasteiger partial charge in [0.25, 0.3) is 0 Å². The van der Waals surface area contributed by atoms with E-state index in [0.717, 1.165) is 5.56 Å². The Morgan fingerprint density at radius 3 is 2.53 bits per heavy atom. The third-order valence-electron chi connectivity index (χ3n) is 2.53. The molecule has 0 bridgehead atoms. The number of nitrogens with zero attached hydrogens (tertiary/aromatic N) is 1. The largest absolute Gasteiger partial charge is 0.350 e. The Bertz CT molecular complexity index is 457. The maximum atomic E-state index is 12.7. The number of rotatable bonds is 6. The molecule has 0 saturated heterocycles. The minimum Gasteiger partial charge on any atom is -0.350 e. The molecule has 0 aliphatic heterocycles. The van der Waals surface area contributed by atoms with Crippen molar-refractivity contribution < 1.29 is 14.0 Å². The highest BCUT2D eigenvalue weighted by atomic mass is 19.1.